The summed E-state index contributed by atoms with van der Waals surface area (Å²) in [5.41, 5.74) is 4.00. The van der Waals surface area contributed by atoms with Crippen molar-refractivity contribution < 1.29 is 9.59 Å². The number of aryl methyl sites for hydroxylation is 1. The SMILES string of the molecule is CCN1CCN(C(=O)c2n[nH]c(=O)[nH]2)C[C@@H](Cc2ccc(-c3cccc(C)c3)cc2)C1=O. The van der Waals surface area contributed by atoms with Gasteiger partial charge in [0.15, 0.2) is 0 Å². The third kappa shape index (κ3) is 4.64. The van der Waals surface area contributed by atoms with Gasteiger partial charge in [-0.3, -0.25) is 14.6 Å². The third-order valence-corrected chi connectivity index (χ3v) is 5.90. The predicted octanol–water partition coefficient (Wildman–Crippen LogP) is 2.24. The normalized spacial score (nSPS) is 16.8. The maximum absolute atomic E-state index is 13.1. The highest BCUT2D eigenvalue weighted by Crippen LogP contribution is 2.23. The van der Waals surface area contributed by atoms with Crippen LogP contribution in [0.15, 0.2) is 53.3 Å². The molecule has 0 bridgehead atoms. The number of aromatic amines is 2. The molecule has 0 aliphatic carbocycles. The number of hydrogen-bond acceptors (Lipinski definition) is 4. The summed E-state index contributed by atoms with van der Waals surface area (Å²) < 4.78 is 0. The van der Waals surface area contributed by atoms with Gasteiger partial charge in [-0.15, -0.1) is 5.10 Å². The van der Waals surface area contributed by atoms with Crippen molar-refractivity contribution in [3.8, 4) is 11.1 Å². The fourth-order valence-corrected chi connectivity index (χ4v) is 4.16. The Bertz CT molecular complexity index is 1160. The summed E-state index contributed by atoms with van der Waals surface area (Å²) in [6.45, 7) is 5.73. The standard InChI is InChI=1S/C24H27N5O3/c1-3-28-11-12-29(23(31)21-25-24(32)27-26-21)15-20(22(28)30)14-17-7-9-18(10-8-17)19-6-4-5-16(2)13-19/h4-10,13,20H,3,11-12,14-15H2,1-2H3,(H2,25,26,27,32)/t20-/m1/s1. The number of benzene rings is 2. The van der Waals surface area contributed by atoms with Crippen molar-refractivity contribution in [2.75, 3.05) is 26.2 Å². The topological polar surface area (TPSA) is 102 Å². The van der Waals surface area contributed by atoms with Crippen molar-refractivity contribution in [3.05, 3.63) is 76.0 Å². The van der Waals surface area contributed by atoms with Crippen LogP contribution in [0.4, 0.5) is 0 Å². The molecule has 8 heteroatoms. The second kappa shape index (κ2) is 9.21. The van der Waals surface area contributed by atoms with Crippen LogP contribution in [0.3, 0.4) is 0 Å². The number of carbonyl (C=O) groups excluding carboxylic acids is 2. The van der Waals surface area contributed by atoms with E-state index in [1.807, 2.05) is 25.1 Å². The Morgan fingerprint density at radius 2 is 1.88 bits per heavy atom. The van der Waals surface area contributed by atoms with E-state index < -0.39 is 5.69 Å². The van der Waals surface area contributed by atoms with Crippen molar-refractivity contribution in [2.24, 2.45) is 5.92 Å². The molecule has 0 radical (unpaired) electrons. The number of amides is 2. The Hall–Kier alpha value is -3.68. The molecule has 2 heterocycles. The number of aromatic nitrogens is 3. The number of H-pyrrole nitrogens is 2. The molecule has 1 aliphatic rings. The summed E-state index contributed by atoms with van der Waals surface area (Å²) in [5, 5.41) is 5.97. The number of likely N-dealkylation sites (N-methyl/N-ethyl adjacent to an activating group) is 1. The fraction of sp³-hybridized carbons (Fsp3) is 0.333. The zero-order chi connectivity index (χ0) is 22.7. The average molecular weight is 434 g/mol. The zero-order valence-electron chi connectivity index (χ0n) is 18.3. The van der Waals surface area contributed by atoms with Gasteiger partial charge in [-0.05, 0) is 37.0 Å². The highest BCUT2D eigenvalue weighted by Gasteiger charge is 2.32. The Balaban J connectivity index is 1.53. The van der Waals surface area contributed by atoms with E-state index in [0.29, 0.717) is 26.1 Å². The van der Waals surface area contributed by atoms with Gasteiger partial charge < -0.3 is 9.80 Å². The van der Waals surface area contributed by atoms with E-state index in [1.165, 1.54) is 5.56 Å². The van der Waals surface area contributed by atoms with E-state index in [-0.39, 0.29) is 30.1 Å². The molecule has 1 saturated heterocycles. The van der Waals surface area contributed by atoms with Crippen LogP contribution in [-0.2, 0) is 11.2 Å². The van der Waals surface area contributed by atoms with Crippen molar-refractivity contribution >= 4 is 11.8 Å². The molecule has 1 aromatic heterocycles. The fourth-order valence-electron chi connectivity index (χ4n) is 4.16. The minimum atomic E-state index is -0.528. The summed E-state index contributed by atoms with van der Waals surface area (Å²) in [5.74, 6) is -0.736. The predicted molar refractivity (Wildman–Crippen MR) is 121 cm³/mol. The Kier molecular flexibility index (Phi) is 6.20. The van der Waals surface area contributed by atoms with Crippen LogP contribution in [0, 0.1) is 12.8 Å². The molecule has 32 heavy (non-hydrogen) atoms. The van der Waals surface area contributed by atoms with Gasteiger partial charge in [0, 0.05) is 26.2 Å². The Morgan fingerprint density at radius 1 is 1.09 bits per heavy atom. The van der Waals surface area contributed by atoms with Crippen LogP contribution in [-0.4, -0.2) is 63.0 Å². The van der Waals surface area contributed by atoms with Crippen molar-refractivity contribution in [1.29, 1.82) is 0 Å². The first kappa shape index (κ1) is 21.5. The molecular formula is C24H27N5O3. The zero-order valence-corrected chi connectivity index (χ0v) is 18.3. The third-order valence-electron chi connectivity index (χ3n) is 5.90. The minimum absolute atomic E-state index is 0.0337. The van der Waals surface area contributed by atoms with Crippen LogP contribution in [0.5, 0.6) is 0 Å². The van der Waals surface area contributed by atoms with Gasteiger partial charge in [0.05, 0.1) is 5.92 Å². The van der Waals surface area contributed by atoms with E-state index in [9.17, 15) is 14.4 Å². The molecule has 2 N–H and O–H groups in total. The molecule has 1 fully saturated rings. The molecule has 0 saturated carbocycles. The first-order chi connectivity index (χ1) is 15.4. The van der Waals surface area contributed by atoms with Gasteiger partial charge in [0.1, 0.15) is 0 Å². The van der Waals surface area contributed by atoms with Gasteiger partial charge in [-0.1, -0.05) is 54.1 Å². The van der Waals surface area contributed by atoms with E-state index in [2.05, 4.69) is 52.4 Å². The lowest BCUT2D eigenvalue weighted by Gasteiger charge is -2.23. The molecule has 0 unspecified atom stereocenters. The lowest BCUT2D eigenvalue weighted by atomic mass is 9.95. The maximum Gasteiger partial charge on any atom is 0.341 e. The quantitative estimate of drug-likeness (QED) is 0.644. The second-order valence-electron chi connectivity index (χ2n) is 8.16. The molecular weight excluding hydrogens is 406 g/mol. The minimum Gasteiger partial charge on any atom is -0.341 e. The smallest absolute Gasteiger partial charge is 0.341 e. The molecule has 2 aromatic carbocycles. The number of nitrogens with zero attached hydrogens (tertiary/aromatic N) is 3. The highest BCUT2D eigenvalue weighted by atomic mass is 16.2. The molecule has 166 valence electrons. The molecule has 0 spiro atoms. The summed E-state index contributed by atoms with van der Waals surface area (Å²) in [4.78, 5) is 43.1. The summed E-state index contributed by atoms with van der Waals surface area (Å²) in [6.07, 6.45) is 0.532. The van der Waals surface area contributed by atoms with Crippen molar-refractivity contribution in [1.82, 2.24) is 25.0 Å². The molecule has 3 aromatic rings. The first-order valence-corrected chi connectivity index (χ1v) is 10.8. The van der Waals surface area contributed by atoms with Gasteiger partial charge in [0.25, 0.3) is 5.91 Å². The van der Waals surface area contributed by atoms with Crippen LogP contribution in [0.2, 0.25) is 0 Å². The molecule has 1 aliphatic heterocycles. The Labute approximate surface area is 186 Å². The van der Waals surface area contributed by atoms with Gasteiger partial charge in [-0.2, -0.15) is 0 Å². The van der Waals surface area contributed by atoms with E-state index in [1.54, 1.807) is 9.80 Å². The lowest BCUT2D eigenvalue weighted by Crippen LogP contribution is -2.38. The van der Waals surface area contributed by atoms with Gasteiger partial charge >= 0.3 is 5.69 Å². The van der Waals surface area contributed by atoms with Crippen LogP contribution >= 0.6 is 0 Å². The highest BCUT2D eigenvalue weighted by molar-refractivity contribution is 5.91. The van der Waals surface area contributed by atoms with Crippen molar-refractivity contribution in [3.63, 3.8) is 0 Å². The summed E-state index contributed by atoms with van der Waals surface area (Å²) in [7, 11) is 0. The molecule has 8 nitrogen and oxygen atoms in total. The monoisotopic (exact) mass is 433 g/mol. The first-order valence-electron chi connectivity index (χ1n) is 10.8. The average Bonchev–Trinajstić information content (AvgIpc) is 3.17. The second-order valence-corrected chi connectivity index (χ2v) is 8.16. The van der Waals surface area contributed by atoms with E-state index in [0.717, 1.165) is 16.7 Å². The number of rotatable bonds is 5. The largest absolute Gasteiger partial charge is 0.341 e. The number of carbonyl (C=O) groups is 2. The van der Waals surface area contributed by atoms with Crippen LogP contribution < -0.4 is 5.69 Å². The summed E-state index contributed by atoms with van der Waals surface area (Å²) in [6, 6.07) is 16.6. The summed E-state index contributed by atoms with van der Waals surface area (Å²) >= 11 is 0. The van der Waals surface area contributed by atoms with Crippen molar-refractivity contribution in [2.45, 2.75) is 20.3 Å². The maximum atomic E-state index is 13.1. The molecule has 1 atom stereocenters. The van der Waals surface area contributed by atoms with E-state index >= 15 is 0 Å². The molecule has 2 amide bonds. The lowest BCUT2D eigenvalue weighted by molar-refractivity contribution is -0.134. The van der Waals surface area contributed by atoms with Gasteiger partial charge in [-0.25, -0.2) is 9.89 Å². The Morgan fingerprint density at radius 3 is 2.53 bits per heavy atom. The number of hydrogen-bond donors (Lipinski definition) is 2. The van der Waals surface area contributed by atoms with Crippen LogP contribution in [0.25, 0.3) is 11.1 Å². The molecule has 4 rings (SSSR count). The number of nitrogens with one attached hydrogen (secondary N) is 2. The van der Waals surface area contributed by atoms with Gasteiger partial charge in [0.2, 0.25) is 11.7 Å². The van der Waals surface area contributed by atoms with Crippen LogP contribution in [0.1, 0.15) is 28.7 Å². The van der Waals surface area contributed by atoms with E-state index in [4.69, 9.17) is 0 Å².